The van der Waals surface area contributed by atoms with E-state index in [1.54, 1.807) is 6.07 Å². The SMILES string of the molecule is [O]c1cccc2c1CCCC2. The van der Waals surface area contributed by atoms with Crippen LogP contribution in [0.3, 0.4) is 0 Å². The Morgan fingerprint density at radius 1 is 1.09 bits per heavy atom. The number of benzene rings is 1. The summed E-state index contributed by atoms with van der Waals surface area (Å²) in [6.45, 7) is 0. The van der Waals surface area contributed by atoms with Crippen LogP contribution in [0.1, 0.15) is 24.0 Å². The molecule has 11 heavy (non-hydrogen) atoms. The van der Waals surface area contributed by atoms with Gasteiger partial charge >= 0.3 is 0 Å². The highest BCUT2D eigenvalue weighted by molar-refractivity contribution is 5.40. The van der Waals surface area contributed by atoms with Gasteiger partial charge in [-0.1, -0.05) is 12.1 Å². The maximum atomic E-state index is 11.3. The minimum Gasteiger partial charge on any atom is -0.290 e. The van der Waals surface area contributed by atoms with Crippen molar-refractivity contribution < 1.29 is 5.11 Å². The predicted octanol–water partition coefficient (Wildman–Crippen LogP) is 2.71. The quantitative estimate of drug-likeness (QED) is 0.537. The van der Waals surface area contributed by atoms with E-state index in [1.807, 2.05) is 6.07 Å². The molecule has 57 valence electrons. The van der Waals surface area contributed by atoms with Crippen molar-refractivity contribution in [2.45, 2.75) is 25.7 Å². The summed E-state index contributed by atoms with van der Waals surface area (Å²) in [4.78, 5) is 0. The summed E-state index contributed by atoms with van der Waals surface area (Å²) in [5.74, 6) is 0.238. The fourth-order valence-corrected chi connectivity index (χ4v) is 1.75. The zero-order valence-electron chi connectivity index (χ0n) is 6.47. The van der Waals surface area contributed by atoms with Crippen molar-refractivity contribution in [1.82, 2.24) is 0 Å². The molecule has 1 aromatic carbocycles. The number of fused-ring (bicyclic) bond motifs is 1. The fraction of sp³-hybridized carbons (Fsp3) is 0.400. The maximum absolute atomic E-state index is 11.3. The van der Waals surface area contributed by atoms with Crippen LogP contribution in [0.15, 0.2) is 18.2 Å². The van der Waals surface area contributed by atoms with E-state index in [2.05, 4.69) is 6.07 Å². The molecule has 0 N–H and O–H groups in total. The summed E-state index contributed by atoms with van der Waals surface area (Å²) in [6, 6.07) is 5.62. The number of aryl methyl sites for hydroxylation is 1. The van der Waals surface area contributed by atoms with Crippen molar-refractivity contribution in [2.24, 2.45) is 0 Å². The Morgan fingerprint density at radius 2 is 1.91 bits per heavy atom. The standard InChI is InChI=1S/C10H11O/c11-10-7-3-5-8-4-1-2-6-9(8)10/h3,5,7H,1-2,4,6H2. The highest BCUT2D eigenvalue weighted by Crippen LogP contribution is 2.28. The van der Waals surface area contributed by atoms with Crippen molar-refractivity contribution >= 4 is 0 Å². The first-order chi connectivity index (χ1) is 5.38. The minimum atomic E-state index is 0.238. The number of hydrogen-bond acceptors (Lipinski definition) is 0. The Kier molecular flexibility index (Phi) is 1.57. The monoisotopic (exact) mass is 147 g/mol. The largest absolute Gasteiger partial charge is 0.290 e. The molecule has 0 unspecified atom stereocenters. The van der Waals surface area contributed by atoms with Gasteiger partial charge < -0.3 is 0 Å². The van der Waals surface area contributed by atoms with Crippen LogP contribution < -0.4 is 0 Å². The third-order valence-electron chi connectivity index (χ3n) is 2.35. The van der Waals surface area contributed by atoms with E-state index in [0.717, 1.165) is 18.4 Å². The third-order valence-corrected chi connectivity index (χ3v) is 2.35. The normalized spacial score (nSPS) is 16.0. The second-order valence-corrected chi connectivity index (χ2v) is 3.10. The Bertz CT molecular complexity index is 266. The summed E-state index contributed by atoms with van der Waals surface area (Å²) in [5, 5.41) is 11.3. The molecule has 0 fully saturated rings. The molecule has 1 aliphatic rings. The second-order valence-electron chi connectivity index (χ2n) is 3.10. The van der Waals surface area contributed by atoms with Gasteiger partial charge in [0.15, 0.2) is 5.75 Å². The summed E-state index contributed by atoms with van der Waals surface area (Å²) in [7, 11) is 0. The van der Waals surface area contributed by atoms with Crippen LogP contribution in [-0.4, -0.2) is 0 Å². The van der Waals surface area contributed by atoms with E-state index in [1.165, 1.54) is 18.4 Å². The fourth-order valence-electron chi connectivity index (χ4n) is 1.75. The lowest BCUT2D eigenvalue weighted by Gasteiger charge is -2.14. The molecule has 1 aromatic rings. The first kappa shape index (κ1) is 6.71. The molecule has 1 nitrogen and oxygen atoms in total. The Labute approximate surface area is 66.7 Å². The van der Waals surface area contributed by atoms with E-state index < -0.39 is 0 Å². The Morgan fingerprint density at radius 3 is 2.73 bits per heavy atom. The van der Waals surface area contributed by atoms with Crippen LogP contribution >= 0.6 is 0 Å². The minimum absolute atomic E-state index is 0.238. The number of rotatable bonds is 0. The van der Waals surface area contributed by atoms with Gasteiger partial charge in [-0.15, -0.1) is 0 Å². The zero-order valence-corrected chi connectivity index (χ0v) is 6.47. The lowest BCUT2D eigenvalue weighted by Crippen LogP contribution is -2.01. The van der Waals surface area contributed by atoms with Crippen LogP contribution in [-0.2, 0) is 17.9 Å². The first-order valence-electron chi connectivity index (χ1n) is 4.16. The molecular weight excluding hydrogens is 136 g/mol. The Balaban J connectivity index is 2.49. The van der Waals surface area contributed by atoms with Gasteiger partial charge in [-0.3, -0.25) is 5.11 Å². The van der Waals surface area contributed by atoms with Gasteiger partial charge in [0.2, 0.25) is 0 Å². The molecule has 0 aliphatic heterocycles. The predicted molar refractivity (Wildman–Crippen MR) is 43.2 cm³/mol. The first-order valence-corrected chi connectivity index (χ1v) is 4.16. The van der Waals surface area contributed by atoms with Gasteiger partial charge in [-0.05, 0) is 37.3 Å². The van der Waals surface area contributed by atoms with Crippen LogP contribution in [0.2, 0.25) is 0 Å². The molecule has 0 saturated carbocycles. The molecule has 0 aromatic heterocycles. The average Bonchev–Trinajstić information content (AvgIpc) is 2.06. The molecular formula is C10H11O. The van der Waals surface area contributed by atoms with Gasteiger partial charge in [-0.25, -0.2) is 0 Å². The van der Waals surface area contributed by atoms with Crippen LogP contribution in [0.5, 0.6) is 5.75 Å². The summed E-state index contributed by atoms with van der Waals surface area (Å²) >= 11 is 0. The molecule has 0 amide bonds. The van der Waals surface area contributed by atoms with Crippen molar-refractivity contribution in [3.8, 4) is 5.75 Å². The average molecular weight is 147 g/mol. The zero-order chi connectivity index (χ0) is 7.68. The molecule has 0 saturated heterocycles. The lowest BCUT2D eigenvalue weighted by molar-refractivity contribution is 0.347. The van der Waals surface area contributed by atoms with E-state index in [-0.39, 0.29) is 5.75 Å². The van der Waals surface area contributed by atoms with Crippen molar-refractivity contribution in [2.75, 3.05) is 0 Å². The van der Waals surface area contributed by atoms with E-state index in [9.17, 15) is 5.11 Å². The van der Waals surface area contributed by atoms with Gasteiger partial charge in [0.25, 0.3) is 0 Å². The summed E-state index contributed by atoms with van der Waals surface area (Å²) in [6.07, 6.45) is 4.53. The maximum Gasteiger partial charge on any atom is 0.182 e. The highest BCUT2D eigenvalue weighted by Gasteiger charge is 2.12. The molecule has 1 heteroatoms. The van der Waals surface area contributed by atoms with E-state index in [4.69, 9.17) is 0 Å². The van der Waals surface area contributed by atoms with Gasteiger partial charge in [-0.2, -0.15) is 0 Å². The number of hydrogen-bond donors (Lipinski definition) is 0. The smallest absolute Gasteiger partial charge is 0.182 e. The van der Waals surface area contributed by atoms with Gasteiger partial charge in [0.05, 0.1) is 0 Å². The van der Waals surface area contributed by atoms with Crippen LogP contribution in [0.25, 0.3) is 0 Å². The third kappa shape index (κ3) is 1.11. The van der Waals surface area contributed by atoms with Gasteiger partial charge in [0, 0.05) is 5.56 Å². The van der Waals surface area contributed by atoms with Gasteiger partial charge in [0.1, 0.15) is 0 Å². The van der Waals surface area contributed by atoms with Crippen molar-refractivity contribution in [3.05, 3.63) is 29.3 Å². The van der Waals surface area contributed by atoms with Crippen molar-refractivity contribution in [1.29, 1.82) is 0 Å². The summed E-state index contributed by atoms with van der Waals surface area (Å²) < 4.78 is 0. The molecule has 0 atom stereocenters. The Hall–Kier alpha value is -0.980. The van der Waals surface area contributed by atoms with E-state index >= 15 is 0 Å². The molecule has 1 radical (unpaired) electrons. The molecule has 2 rings (SSSR count). The van der Waals surface area contributed by atoms with Crippen LogP contribution in [0.4, 0.5) is 0 Å². The molecule has 0 heterocycles. The topological polar surface area (TPSA) is 19.9 Å². The molecule has 0 bridgehead atoms. The van der Waals surface area contributed by atoms with Crippen LogP contribution in [0, 0.1) is 0 Å². The second kappa shape index (κ2) is 2.57. The van der Waals surface area contributed by atoms with E-state index in [0.29, 0.717) is 0 Å². The molecule has 1 aliphatic carbocycles. The van der Waals surface area contributed by atoms with Crippen molar-refractivity contribution in [3.63, 3.8) is 0 Å². The highest BCUT2D eigenvalue weighted by atomic mass is 16.3. The summed E-state index contributed by atoms with van der Waals surface area (Å²) in [5.41, 5.74) is 2.35. The molecule has 0 spiro atoms. The lowest BCUT2D eigenvalue weighted by atomic mass is 9.91.